The van der Waals surface area contributed by atoms with Crippen LogP contribution in [0.3, 0.4) is 0 Å². The number of nitrogens with zero attached hydrogens (tertiary/aromatic N) is 1. The largest absolute Gasteiger partial charge is 0.488 e. The van der Waals surface area contributed by atoms with Gasteiger partial charge in [-0.3, -0.25) is 9.59 Å². The Labute approximate surface area is 167 Å². The summed E-state index contributed by atoms with van der Waals surface area (Å²) < 4.78 is 25.2. The number of allylic oxidation sites excluding steroid dienone is 4. The van der Waals surface area contributed by atoms with Crippen LogP contribution in [-0.2, 0) is 16.0 Å². The zero-order chi connectivity index (χ0) is 20.6. The normalized spacial score (nSPS) is 21.3. The van der Waals surface area contributed by atoms with E-state index in [-0.39, 0.29) is 30.0 Å². The van der Waals surface area contributed by atoms with Gasteiger partial charge >= 0.3 is 0 Å². The summed E-state index contributed by atoms with van der Waals surface area (Å²) in [5.74, 6) is -0.622. The second kappa shape index (κ2) is 7.31. The Morgan fingerprint density at radius 3 is 3.03 bits per heavy atom. The highest BCUT2D eigenvalue weighted by molar-refractivity contribution is 6.18. The third-order valence-corrected chi connectivity index (χ3v) is 4.87. The lowest BCUT2D eigenvalue weighted by Gasteiger charge is -2.22. The van der Waals surface area contributed by atoms with Crippen molar-refractivity contribution in [2.24, 2.45) is 10.9 Å². The molecule has 1 aromatic rings. The molecule has 0 bridgehead atoms. The van der Waals surface area contributed by atoms with Gasteiger partial charge in [0.25, 0.3) is 5.91 Å². The van der Waals surface area contributed by atoms with Crippen molar-refractivity contribution in [3.8, 4) is 11.5 Å². The molecule has 0 radical (unpaired) electrons. The van der Waals surface area contributed by atoms with E-state index in [2.05, 4.69) is 10.3 Å². The van der Waals surface area contributed by atoms with Crippen molar-refractivity contribution in [1.29, 1.82) is 0 Å². The van der Waals surface area contributed by atoms with Crippen LogP contribution < -0.4 is 14.8 Å². The number of fused-ring (bicyclic) bond motifs is 2. The Hall–Kier alpha value is -3.22. The molecule has 1 unspecified atom stereocenters. The highest BCUT2D eigenvalue weighted by Crippen LogP contribution is 2.41. The Morgan fingerprint density at radius 1 is 1.38 bits per heavy atom. The van der Waals surface area contributed by atoms with Crippen LogP contribution in [0.15, 0.2) is 58.9 Å². The molecule has 150 valence electrons. The Balaban J connectivity index is 1.35. The van der Waals surface area contributed by atoms with Gasteiger partial charge in [-0.15, -0.1) is 0 Å². The molecule has 2 heterocycles. The molecule has 0 spiro atoms. The number of amides is 2. The minimum absolute atomic E-state index is 0.235. The average Bonchev–Trinajstić information content (AvgIpc) is 2.98. The molecule has 0 fully saturated rings. The number of nitrogens with one attached hydrogen (secondary N) is 1. The van der Waals surface area contributed by atoms with Crippen LogP contribution in [0.2, 0.25) is 0 Å². The second-order valence-corrected chi connectivity index (χ2v) is 7.73. The summed E-state index contributed by atoms with van der Waals surface area (Å²) in [7, 11) is 0. The zero-order valence-electron chi connectivity index (χ0n) is 16.2. The summed E-state index contributed by atoms with van der Waals surface area (Å²) in [4.78, 5) is 28.1. The van der Waals surface area contributed by atoms with E-state index in [1.807, 2.05) is 32.0 Å². The van der Waals surface area contributed by atoms with E-state index in [4.69, 9.17) is 9.47 Å². The number of carbonyl (C=O) groups excluding carboxylic acids is 2. The number of hydrogen-bond donors (Lipinski definition) is 1. The molecule has 0 saturated carbocycles. The molecule has 7 heteroatoms. The Bertz CT molecular complexity index is 1000. The lowest BCUT2D eigenvalue weighted by Crippen LogP contribution is -2.35. The van der Waals surface area contributed by atoms with Gasteiger partial charge in [-0.25, -0.2) is 9.38 Å². The van der Waals surface area contributed by atoms with E-state index >= 15 is 0 Å². The van der Waals surface area contributed by atoms with Gasteiger partial charge in [0, 0.05) is 23.6 Å². The smallest absolute Gasteiger partial charge is 0.270 e. The van der Waals surface area contributed by atoms with Gasteiger partial charge in [0.1, 0.15) is 18.0 Å². The van der Waals surface area contributed by atoms with Gasteiger partial charge in [0.2, 0.25) is 5.91 Å². The number of benzene rings is 1. The molecular weight excluding hydrogens is 375 g/mol. The topological polar surface area (TPSA) is 77.0 Å². The van der Waals surface area contributed by atoms with Crippen LogP contribution >= 0.6 is 0 Å². The van der Waals surface area contributed by atoms with Crippen molar-refractivity contribution in [2.75, 3.05) is 13.2 Å². The van der Waals surface area contributed by atoms with Crippen LogP contribution in [0.1, 0.15) is 19.4 Å². The van der Waals surface area contributed by atoms with Crippen molar-refractivity contribution in [3.05, 3.63) is 59.5 Å². The summed E-state index contributed by atoms with van der Waals surface area (Å²) in [6.45, 7) is 4.52. The van der Waals surface area contributed by atoms with E-state index in [0.717, 1.165) is 17.7 Å². The van der Waals surface area contributed by atoms with E-state index in [9.17, 15) is 14.0 Å². The summed E-state index contributed by atoms with van der Waals surface area (Å²) in [6.07, 6.45) is 5.96. The van der Waals surface area contributed by atoms with Gasteiger partial charge < -0.3 is 14.8 Å². The molecular formula is C22H21FN2O4. The maximum Gasteiger partial charge on any atom is 0.270 e. The molecule has 2 amide bonds. The molecule has 0 aromatic heterocycles. The van der Waals surface area contributed by atoms with E-state index < -0.39 is 23.6 Å². The molecule has 0 saturated heterocycles. The third kappa shape index (κ3) is 3.99. The van der Waals surface area contributed by atoms with E-state index in [1.165, 1.54) is 24.3 Å². The van der Waals surface area contributed by atoms with Crippen LogP contribution in [-0.4, -0.2) is 36.3 Å². The number of rotatable bonds is 5. The van der Waals surface area contributed by atoms with Crippen LogP contribution in [0, 0.1) is 5.92 Å². The molecule has 3 aliphatic rings. The number of hydrogen-bond acceptors (Lipinski definition) is 4. The number of aliphatic imine (C=N–C) groups is 1. The highest BCUT2D eigenvalue weighted by Gasteiger charge is 2.32. The fourth-order valence-electron chi connectivity index (χ4n) is 3.65. The summed E-state index contributed by atoms with van der Waals surface area (Å²) in [6, 6.07) is 5.76. The SMILES string of the molecule is CC1(C)Cc2cccc(OCCNC(=O)C3=CC(=O)N=C4C=C(F)C=CC34)c2O1. The van der Waals surface area contributed by atoms with Crippen molar-refractivity contribution in [2.45, 2.75) is 25.9 Å². The fraction of sp³-hybridized carbons (Fsp3) is 0.318. The first-order chi connectivity index (χ1) is 13.8. The third-order valence-electron chi connectivity index (χ3n) is 4.87. The predicted octanol–water partition coefficient (Wildman–Crippen LogP) is 2.84. The molecule has 1 N–H and O–H groups in total. The monoisotopic (exact) mass is 396 g/mol. The first-order valence-corrected chi connectivity index (χ1v) is 9.44. The Kier molecular flexibility index (Phi) is 4.82. The van der Waals surface area contributed by atoms with Crippen molar-refractivity contribution >= 4 is 17.5 Å². The number of carbonyl (C=O) groups is 2. The highest BCUT2D eigenvalue weighted by atomic mass is 19.1. The number of dihydropyridines is 1. The van der Waals surface area contributed by atoms with Gasteiger partial charge in [0.15, 0.2) is 11.5 Å². The van der Waals surface area contributed by atoms with Crippen molar-refractivity contribution in [3.63, 3.8) is 0 Å². The second-order valence-electron chi connectivity index (χ2n) is 7.73. The lowest BCUT2D eigenvalue weighted by molar-refractivity contribution is -0.119. The maximum atomic E-state index is 13.4. The summed E-state index contributed by atoms with van der Waals surface area (Å²) in [5, 5.41) is 2.74. The number of para-hydroxylation sites is 1. The molecule has 1 aromatic carbocycles. The van der Waals surface area contributed by atoms with Crippen LogP contribution in [0.25, 0.3) is 0 Å². The van der Waals surface area contributed by atoms with Gasteiger partial charge in [-0.1, -0.05) is 18.2 Å². The standard InChI is InChI=1S/C22H21FN2O4/c1-22(2)12-13-4-3-5-18(20(13)29-22)28-9-8-24-21(27)16-11-19(26)25-17-10-14(23)6-7-15(16)17/h3-7,10-11,15H,8-9,12H2,1-2H3,(H,24,27). The van der Waals surface area contributed by atoms with E-state index in [0.29, 0.717) is 5.75 Å². The maximum absolute atomic E-state index is 13.4. The molecule has 29 heavy (non-hydrogen) atoms. The summed E-state index contributed by atoms with van der Waals surface area (Å²) in [5.41, 5.74) is 1.30. The number of halogens is 1. The lowest BCUT2D eigenvalue weighted by atomic mass is 9.87. The zero-order valence-corrected chi connectivity index (χ0v) is 16.2. The number of ether oxygens (including phenoxy) is 2. The molecule has 1 aliphatic carbocycles. The van der Waals surface area contributed by atoms with Crippen LogP contribution in [0.4, 0.5) is 4.39 Å². The van der Waals surface area contributed by atoms with Crippen molar-refractivity contribution in [1.82, 2.24) is 5.32 Å². The molecule has 6 nitrogen and oxygen atoms in total. The summed E-state index contributed by atoms with van der Waals surface area (Å²) >= 11 is 0. The Morgan fingerprint density at radius 2 is 2.21 bits per heavy atom. The minimum Gasteiger partial charge on any atom is -0.488 e. The minimum atomic E-state index is -0.573. The van der Waals surface area contributed by atoms with E-state index in [1.54, 1.807) is 0 Å². The predicted molar refractivity (Wildman–Crippen MR) is 106 cm³/mol. The molecule has 4 rings (SSSR count). The first kappa shape index (κ1) is 19.1. The van der Waals surface area contributed by atoms with Gasteiger partial charge in [-0.05, 0) is 32.1 Å². The molecule has 1 atom stereocenters. The van der Waals surface area contributed by atoms with Crippen LogP contribution in [0.5, 0.6) is 11.5 Å². The van der Waals surface area contributed by atoms with Crippen molar-refractivity contribution < 1.29 is 23.5 Å². The quantitative estimate of drug-likeness (QED) is 0.777. The van der Waals surface area contributed by atoms with Gasteiger partial charge in [0.05, 0.1) is 18.2 Å². The fourth-order valence-corrected chi connectivity index (χ4v) is 3.65. The van der Waals surface area contributed by atoms with Gasteiger partial charge in [-0.2, -0.15) is 0 Å². The first-order valence-electron chi connectivity index (χ1n) is 9.44. The average molecular weight is 396 g/mol. The molecule has 2 aliphatic heterocycles.